The monoisotopic (exact) mass is 305 g/mol. The van der Waals surface area contributed by atoms with Crippen LogP contribution in [0, 0.1) is 0 Å². The molecule has 0 saturated heterocycles. The number of rotatable bonds is 6. The van der Waals surface area contributed by atoms with Crippen LogP contribution in [0.3, 0.4) is 0 Å². The van der Waals surface area contributed by atoms with E-state index in [1.54, 1.807) is 0 Å². The molecule has 1 heterocycles. The zero-order valence-electron chi connectivity index (χ0n) is 12.4. The Bertz CT molecular complexity index is 634. The van der Waals surface area contributed by atoms with Crippen molar-refractivity contribution < 1.29 is 14.6 Å². The molecule has 0 saturated carbocycles. The van der Waals surface area contributed by atoms with Crippen molar-refractivity contribution in [1.82, 2.24) is 4.98 Å². The van der Waals surface area contributed by atoms with Gasteiger partial charge in [-0.05, 0) is 44.4 Å². The van der Waals surface area contributed by atoms with Crippen LogP contribution in [-0.4, -0.2) is 22.2 Å². The number of ether oxygens (including phenoxy) is 1. The molecular weight excluding hydrogens is 286 g/mol. The van der Waals surface area contributed by atoms with Crippen molar-refractivity contribution in [2.45, 2.75) is 39.7 Å². The Balaban J connectivity index is 2.42. The maximum Gasteiger partial charge on any atom is 0.356 e. The van der Waals surface area contributed by atoms with E-state index in [0.29, 0.717) is 4.88 Å². The van der Waals surface area contributed by atoms with Crippen molar-refractivity contribution in [1.29, 1.82) is 0 Å². The van der Waals surface area contributed by atoms with Crippen LogP contribution in [0.5, 0.6) is 5.75 Å². The number of nitrogens with zero attached hydrogens (tertiary/aromatic N) is 1. The largest absolute Gasteiger partial charge is 0.491 e. The standard InChI is InChI=1S/C16H19NO3S/c1-4-6-13-17-14(16(18)19)15(21-13)11-7-5-8-12(9-11)20-10(2)3/h5,7-10H,4,6H2,1-3H3,(H,18,19). The molecule has 0 amide bonds. The molecule has 0 aliphatic carbocycles. The number of carboxylic acids is 1. The van der Waals surface area contributed by atoms with Crippen LogP contribution < -0.4 is 4.74 Å². The number of hydrogen-bond donors (Lipinski definition) is 1. The van der Waals surface area contributed by atoms with Gasteiger partial charge >= 0.3 is 5.97 Å². The van der Waals surface area contributed by atoms with Gasteiger partial charge in [-0.25, -0.2) is 9.78 Å². The molecule has 0 spiro atoms. The fraction of sp³-hybridized carbons (Fsp3) is 0.375. The topological polar surface area (TPSA) is 59.4 Å². The molecule has 21 heavy (non-hydrogen) atoms. The van der Waals surface area contributed by atoms with Gasteiger partial charge in [0.25, 0.3) is 0 Å². The third-order valence-electron chi connectivity index (χ3n) is 2.81. The van der Waals surface area contributed by atoms with E-state index in [0.717, 1.165) is 29.2 Å². The molecule has 1 aromatic heterocycles. The van der Waals surface area contributed by atoms with Crippen LogP contribution in [0.25, 0.3) is 10.4 Å². The normalized spacial score (nSPS) is 10.9. The first-order chi connectivity index (χ1) is 10.0. The summed E-state index contributed by atoms with van der Waals surface area (Å²) in [5, 5.41) is 10.2. The minimum atomic E-state index is -0.987. The first kappa shape index (κ1) is 15.5. The summed E-state index contributed by atoms with van der Waals surface area (Å²) in [6.45, 7) is 5.97. The van der Waals surface area contributed by atoms with E-state index < -0.39 is 5.97 Å². The van der Waals surface area contributed by atoms with Gasteiger partial charge in [0.1, 0.15) is 5.75 Å². The minimum Gasteiger partial charge on any atom is -0.491 e. The van der Waals surface area contributed by atoms with Crippen molar-refractivity contribution in [2.24, 2.45) is 0 Å². The van der Waals surface area contributed by atoms with Crippen LogP contribution in [0.2, 0.25) is 0 Å². The Kier molecular flexibility index (Phi) is 4.96. The zero-order chi connectivity index (χ0) is 15.4. The molecule has 1 N–H and O–H groups in total. The summed E-state index contributed by atoms with van der Waals surface area (Å²) < 4.78 is 5.67. The maximum atomic E-state index is 11.4. The number of aromatic nitrogens is 1. The molecule has 0 unspecified atom stereocenters. The van der Waals surface area contributed by atoms with E-state index in [1.165, 1.54) is 11.3 Å². The summed E-state index contributed by atoms with van der Waals surface area (Å²) >= 11 is 1.45. The third kappa shape index (κ3) is 3.82. The second kappa shape index (κ2) is 6.72. The first-order valence-corrected chi connectivity index (χ1v) is 7.83. The molecule has 0 radical (unpaired) electrons. The van der Waals surface area contributed by atoms with Crippen LogP contribution in [0.15, 0.2) is 24.3 Å². The van der Waals surface area contributed by atoms with Gasteiger partial charge in [-0.3, -0.25) is 0 Å². The van der Waals surface area contributed by atoms with Gasteiger partial charge in [0.15, 0.2) is 5.69 Å². The molecular formula is C16H19NO3S. The number of benzene rings is 1. The van der Waals surface area contributed by atoms with Gasteiger partial charge in [-0.15, -0.1) is 11.3 Å². The van der Waals surface area contributed by atoms with Gasteiger partial charge in [0, 0.05) is 0 Å². The molecule has 2 rings (SSSR count). The van der Waals surface area contributed by atoms with Crippen LogP contribution in [0.4, 0.5) is 0 Å². The highest BCUT2D eigenvalue weighted by molar-refractivity contribution is 7.15. The summed E-state index contributed by atoms with van der Waals surface area (Å²) in [6.07, 6.45) is 1.83. The zero-order valence-corrected chi connectivity index (χ0v) is 13.2. The molecule has 0 bridgehead atoms. The average molecular weight is 305 g/mol. The lowest BCUT2D eigenvalue weighted by Gasteiger charge is -2.10. The molecule has 0 atom stereocenters. The van der Waals surface area contributed by atoms with E-state index in [4.69, 9.17) is 4.74 Å². The molecule has 2 aromatic rings. The molecule has 112 valence electrons. The van der Waals surface area contributed by atoms with Gasteiger partial charge in [0.05, 0.1) is 16.0 Å². The second-order valence-corrected chi connectivity index (χ2v) is 6.12. The lowest BCUT2D eigenvalue weighted by molar-refractivity contribution is 0.0692. The summed E-state index contributed by atoms with van der Waals surface area (Å²) in [5.41, 5.74) is 0.968. The summed E-state index contributed by atoms with van der Waals surface area (Å²) in [5.74, 6) is -0.247. The van der Waals surface area contributed by atoms with E-state index in [2.05, 4.69) is 11.9 Å². The Morgan fingerprint density at radius 3 is 2.81 bits per heavy atom. The molecule has 0 aliphatic heterocycles. The van der Waals surface area contributed by atoms with Crippen molar-refractivity contribution in [3.63, 3.8) is 0 Å². The van der Waals surface area contributed by atoms with Gasteiger partial charge in [0.2, 0.25) is 0 Å². The maximum absolute atomic E-state index is 11.4. The minimum absolute atomic E-state index is 0.0799. The predicted molar refractivity (Wildman–Crippen MR) is 84.3 cm³/mol. The van der Waals surface area contributed by atoms with E-state index in [-0.39, 0.29) is 11.8 Å². The SMILES string of the molecule is CCCc1nc(C(=O)O)c(-c2cccc(OC(C)C)c2)s1. The third-order valence-corrected chi connectivity index (χ3v) is 3.97. The lowest BCUT2D eigenvalue weighted by atomic mass is 10.1. The Hall–Kier alpha value is -1.88. The van der Waals surface area contributed by atoms with Crippen molar-refractivity contribution >= 4 is 17.3 Å². The molecule has 0 aliphatic rings. The lowest BCUT2D eigenvalue weighted by Crippen LogP contribution is -2.05. The summed E-state index contributed by atoms with van der Waals surface area (Å²) in [7, 11) is 0. The fourth-order valence-electron chi connectivity index (χ4n) is 2.01. The van der Waals surface area contributed by atoms with Crippen LogP contribution >= 0.6 is 11.3 Å². The van der Waals surface area contributed by atoms with Crippen LogP contribution in [0.1, 0.15) is 42.7 Å². The predicted octanol–water partition coefficient (Wildman–Crippen LogP) is 4.25. The Morgan fingerprint density at radius 1 is 1.43 bits per heavy atom. The van der Waals surface area contributed by atoms with E-state index >= 15 is 0 Å². The van der Waals surface area contributed by atoms with Gasteiger partial charge in [-0.1, -0.05) is 19.1 Å². The van der Waals surface area contributed by atoms with E-state index in [9.17, 15) is 9.90 Å². The van der Waals surface area contributed by atoms with Crippen molar-refractivity contribution in [3.8, 4) is 16.2 Å². The molecule has 5 heteroatoms. The quantitative estimate of drug-likeness (QED) is 0.866. The average Bonchev–Trinajstić information content (AvgIpc) is 2.83. The number of aromatic carboxylic acids is 1. The smallest absolute Gasteiger partial charge is 0.356 e. The van der Waals surface area contributed by atoms with Gasteiger partial charge in [-0.2, -0.15) is 0 Å². The highest BCUT2D eigenvalue weighted by Gasteiger charge is 2.19. The van der Waals surface area contributed by atoms with E-state index in [1.807, 2.05) is 38.1 Å². The van der Waals surface area contributed by atoms with Crippen molar-refractivity contribution in [3.05, 3.63) is 35.0 Å². The number of carboxylic acid groups (broad SMARTS) is 1. The Labute approximate surface area is 128 Å². The molecule has 4 nitrogen and oxygen atoms in total. The van der Waals surface area contributed by atoms with Crippen LogP contribution in [-0.2, 0) is 6.42 Å². The Morgan fingerprint density at radius 2 is 2.19 bits per heavy atom. The fourth-order valence-corrected chi connectivity index (χ4v) is 3.16. The highest BCUT2D eigenvalue weighted by atomic mass is 32.1. The summed E-state index contributed by atoms with van der Waals surface area (Å²) in [4.78, 5) is 16.3. The molecule has 0 fully saturated rings. The van der Waals surface area contributed by atoms with Crippen molar-refractivity contribution in [2.75, 3.05) is 0 Å². The van der Waals surface area contributed by atoms with Gasteiger partial charge < -0.3 is 9.84 Å². The number of hydrogen-bond acceptors (Lipinski definition) is 4. The second-order valence-electron chi connectivity index (χ2n) is 5.03. The highest BCUT2D eigenvalue weighted by Crippen LogP contribution is 2.33. The molecule has 1 aromatic carbocycles. The summed E-state index contributed by atoms with van der Waals surface area (Å²) in [6, 6.07) is 7.51. The first-order valence-electron chi connectivity index (χ1n) is 7.01. The number of thiazole rings is 1. The number of carbonyl (C=O) groups is 1. The number of aryl methyl sites for hydroxylation is 1.